The first-order chi connectivity index (χ1) is 9.40. The lowest BCUT2D eigenvalue weighted by Gasteiger charge is -2.34. The van der Waals surface area contributed by atoms with Gasteiger partial charge in [0.05, 0.1) is 0 Å². The Morgan fingerprint density at radius 3 is 2.53 bits per heavy atom. The lowest BCUT2D eigenvalue weighted by atomic mass is 10.3. The molecule has 0 spiro atoms. The highest BCUT2D eigenvalue weighted by atomic mass is 15.3. The molecule has 1 aromatic heterocycles. The van der Waals surface area contributed by atoms with Crippen LogP contribution in [0.25, 0.3) is 0 Å². The van der Waals surface area contributed by atoms with Gasteiger partial charge in [0.2, 0.25) is 5.95 Å². The van der Waals surface area contributed by atoms with E-state index in [0.29, 0.717) is 0 Å². The number of aromatic nitrogens is 2. The third kappa shape index (κ3) is 4.76. The van der Waals surface area contributed by atoms with Gasteiger partial charge in [-0.15, -0.1) is 0 Å². The maximum Gasteiger partial charge on any atom is 0.225 e. The van der Waals surface area contributed by atoms with E-state index in [1.54, 1.807) is 0 Å². The molecule has 0 saturated carbocycles. The highest BCUT2D eigenvalue weighted by Crippen LogP contribution is 2.08. The van der Waals surface area contributed by atoms with Gasteiger partial charge in [0.1, 0.15) is 0 Å². The fourth-order valence-corrected chi connectivity index (χ4v) is 2.29. The smallest absolute Gasteiger partial charge is 0.225 e. The summed E-state index contributed by atoms with van der Waals surface area (Å²) in [5.74, 6) is 0.864. The average Bonchev–Trinajstić information content (AvgIpc) is 2.49. The van der Waals surface area contributed by atoms with E-state index in [0.717, 1.165) is 51.8 Å². The van der Waals surface area contributed by atoms with Crippen LogP contribution in [0.5, 0.6) is 0 Å². The Labute approximate surface area is 116 Å². The fourth-order valence-electron chi connectivity index (χ4n) is 2.29. The predicted octanol–water partition coefficient (Wildman–Crippen LogP) is 0.988. The van der Waals surface area contributed by atoms with Crippen molar-refractivity contribution >= 4 is 5.95 Å². The van der Waals surface area contributed by atoms with E-state index in [-0.39, 0.29) is 0 Å². The number of hydrogen-bond acceptors (Lipinski definition) is 5. The number of nitrogens with one attached hydrogen (secondary N) is 1. The molecular weight excluding hydrogens is 238 g/mol. The van der Waals surface area contributed by atoms with Gasteiger partial charge in [-0.2, -0.15) is 0 Å². The van der Waals surface area contributed by atoms with Crippen LogP contribution in [0, 0.1) is 0 Å². The van der Waals surface area contributed by atoms with Crippen LogP contribution >= 0.6 is 0 Å². The molecule has 0 unspecified atom stereocenters. The van der Waals surface area contributed by atoms with E-state index in [1.165, 1.54) is 12.8 Å². The van der Waals surface area contributed by atoms with Gasteiger partial charge in [-0.25, -0.2) is 9.97 Å². The highest BCUT2D eigenvalue weighted by molar-refractivity contribution is 5.29. The lowest BCUT2D eigenvalue weighted by Crippen LogP contribution is -2.48. The zero-order valence-electron chi connectivity index (χ0n) is 11.9. The van der Waals surface area contributed by atoms with Crippen LogP contribution in [0.4, 0.5) is 5.95 Å². The van der Waals surface area contributed by atoms with Crippen molar-refractivity contribution in [2.24, 2.45) is 0 Å². The number of anilines is 1. The summed E-state index contributed by atoms with van der Waals surface area (Å²) in [5.41, 5.74) is 0. The third-order valence-corrected chi connectivity index (χ3v) is 3.52. The van der Waals surface area contributed by atoms with Crippen molar-refractivity contribution in [2.45, 2.75) is 19.8 Å². The topological polar surface area (TPSA) is 44.3 Å². The number of unbranched alkanes of at least 4 members (excludes halogenated alkanes) is 1. The largest absolute Gasteiger partial charge is 0.338 e. The number of piperazine rings is 1. The maximum atomic E-state index is 4.31. The lowest BCUT2D eigenvalue weighted by molar-refractivity contribution is 0.256. The Morgan fingerprint density at radius 1 is 1.11 bits per heavy atom. The van der Waals surface area contributed by atoms with Crippen LogP contribution in [-0.4, -0.2) is 60.7 Å². The van der Waals surface area contributed by atoms with Crippen LogP contribution in [-0.2, 0) is 0 Å². The van der Waals surface area contributed by atoms with E-state index in [4.69, 9.17) is 0 Å². The standard InChI is InChI=1S/C14H25N5/c1-2-3-5-15-8-9-18-10-12-19(13-11-18)14-16-6-4-7-17-14/h4,6-7,15H,2-3,5,8-13H2,1H3. The second-order valence-electron chi connectivity index (χ2n) is 4.98. The summed E-state index contributed by atoms with van der Waals surface area (Å²) < 4.78 is 0. The molecule has 1 aromatic rings. The van der Waals surface area contributed by atoms with Crippen LogP contribution in [0.3, 0.4) is 0 Å². The van der Waals surface area contributed by atoms with E-state index >= 15 is 0 Å². The predicted molar refractivity (Wildman–Crippen MR) is 78.5 cm³/mol. The molecule has 2 heterocycles. The summed E-state index contributed by atoms with van der Waals surface area (Å²) in [4.78, 5) is 13.4. The first-order valence-electron chi connectivity index (χ1n) is 7.35. The molecule has 1 N–H and O–H groups in total. The Balaban J connectivity index is 1.63. The van der Waals surface area contributed by atoms with Crippen LogP contribution < -0.4 is 10.2 Å². The van der Waals surface area contributed by atoms with Crippen LogP contribution in [0.1, 0.15) is 19.8 Å². The average molecular weight is 263 g/mol. The van der Waals surface area contributed by atoms with Gasteiger partial charge in [0, 0.05) is 51.7 Å². The molecule has 2 rings (SSSR count). The van der Waals surface area contributed by atoms with Gasteiger partial charge in [-0.3, -0.25) is 4.90 Å². The monoisotopic (exact) mass is 263 g/mol. The van der Waals surface area contributed by atoms with Crippen molar-refractivity contribution in [1.82, 2.24) is 20.2 Å². The van der Waals surface area contributed by atoms with Gasteiger partial charge < -0.3 is 10.2 Å². The van der Waals surface area contributed by atoms with E-state index in [9.17, 15) is 0 Å². The Kier molecular flexibility index (Phi) is 6.04. The molecule has 19 heavy (non-hydrogen) atoms. The zero-order chi connectivity index (χ0) is 13.3. The van der Waals surface area contributed by atoms with Gasteiger partial charge in [0.15, 0.2) is 0 Å². The molecule has 0 aromatic carbocycles. The van der Waals surface area contributed by atoms with Gasteiger partial charge in [-0.1, -0.05) is 13.3 Å². The van der Waals surface area contributed by atoms with Crippen molar-refractivity contribution in [2.75, 3.05) is 50.7 Å². The molecule has 1 fully saturated rings. The summed E-state index contributed by atoms with van der Waals surface area (Å²) in [5, 5.41) is 3.50. The van der Waals surface area contributed by atoms with Crippen LogP contribution in [0.2, 0.25) is 0 Å². The Hall–Kier alpha value is -1.20. The van der Waals surface area contributed by atoms with Crippen LogP contribution in [0.15, 0.2) is 18.5 Å². The molecular formula is C14H25N5. The van der Waals surface area contributed by atoms with E-state index in [2.05, 4.69) is 32.0 Å². The molecule has 0 aliphatic carbocycles. The van der Waals surface area contributed by atoms with Crippen molar-refractivity contribution in [3.05, 3.63) is 18.5 Å². The van der Waals surface area contributed by atoms with Gasteiger partial charge >= 0.3 is 0 Å². The second-order valence-corrected chi connectivity index (χ2v) is 4.98. The molecule has 106 valence electrons. The van der Waals surface area contributed by atoms with Crippen molar-refractivity contribution in [3.63, 3.8) is 0 Å². The van der Waals surface area contributed by atoms with Gasteiger partial charge in [-0.05, 0) is 19.0 Å². The highest BCUT2D eigenvalue weighted by Gasteiger charge is 2.17. The normalized spacial score (nSPS) is 16.8. The maximum absolute atomic E-state index is 4.31. The molecule has 1 saturated heterocycles. The number of rotatable bonds is 7. The molecule has 0 bridgehead atoms. The Bertz CT molecular complexity index is 335. The summed E-state index contributed by atoms with van der Waals surface area (Å²) in [6.45, 7) is 9.88. The molecule has 5 nitrogen and oxygen atoms in total. The minimum Gasteiger partial charge on any atom is -0.338 e. The summed E-state index contributed by atoms with van der Waals surface area (Å²) in [6.07, 6.45) is 6.17. The Morgan fingerprint density at radius 2 is 1.84 bits per heavy atom. The molecule has 1 aliphatic rings. The summed E-state index contributed by atoms with van der Waals surface area (Å²) in [6, 6.07) is 1.86. The fraction of sp³-hybridized carbons (Fsp3) is 0.714. The second kappa shape index (κ2) is 8.07. The quantitative estimate of drug-likeness (QED) is 0.743. The molecule has 0 atom stereocenters. The minimum absolute atomic E-state index is 0.864. The summed E-state index contributed by atoms with van der Waals surface area (Å²) >= 11 is 0. The molecule has 0 amide bonds. The third-order valence-electron chi connectivity index (χ3n) is 3.52. The van der Waals surface area contributed by atoms with E-state index < -0.39 is 0 Å². The first-order valence-corrected chi connectivity index (χ1v) is 7.35. The molecule has 5 heteroatoms. The van der Waals surface area contributed by atoms with Crippen molar-refractivity contribution in [1.29, 1.82) is 0 Å². The van der Waals surface area contributed by atoms with Gasteiger partial charge in [0.25, 0.3) is 0 Å². The zero-order valence-corrected chi connectivity index (χ0v) is 11.9. The minimum atomic E-state index is 0.864. The summed E-state index contributed by atoms with van der Waals surface area (Å²) in [7, 11) is 0. The number of hydrogen-bond donors (Lipinski definition) is 1. The SMILES string of the molecule is CCCCNCCN1CCN(c2ncccn2)CC1. The molecule has 0 radical (unpaired) electrons. The van der Waals surface area contributed by atoms with Crippen molar-refractivity contribution < 1.29 is 0 Å². The first kappa shape index (κ1) is 14.2. The van der Waals surface area contributed by atoms with E-state index in [1.807, 2.05) is 18.5 Å². The number of nitrogens with zero attached hydrogens (tertiary/aromatic N) is 4. The molecule has 1 aliphatic heterocycles. The van der Waals surface area contributed by atoms with Crippen molar-refractivity contribution in [3.8, 4) is 0 Å².